The lowest BCUT2D eigenvalue weighted by molar-refractivity contribution is -0.141. The normalized spacial score (nSPS) is 11.9. The maximum Gasteiger partial charge on any atom is 0.325 e. The fourth-order valence-electron chi connectivity index (χ4n) is 2.64. The van der Waals surface area contributed by atoms with Crippen LogP contribution in [0.5, 0.6) is 11.5 Å². The molecule has 3 rings (SSSR count). The van der Waals surface area contributed by atoms with Gasteiger partial charge in [-0.15, -0.1) is 0 Å². The molecule has 8 nitrogen and oxygen atoms in total. The van der Waals surface area contributed by atoms with E-state index < -0.39 is 5.97 Å². The number of halogens is 1. The zero-order valence-electron chi connectivity index (χ0n) is 16.1. The summed E-state index contributed by atoms with van der Waals surface area (Å²) in [4.78, 5) is 35.0. The third-order valence-electron chi connectivity index (χ3n) is 4.12. The molecule has 0 aliphatic carbocycles. The summed E-state index contributed by atoms with van der Waals surface area (Å²) in [6, 6.07) is 10.2. The molecule has 2 aromatic carbocycles. The predicted octanol–water partition coefficient (Wildman–Crippen LogP) is 2.55. The molecular weight excluding hydrogens is 412 g/mol. The van der Waals surface area contributed by atoms with Crippen LogP contribution >= 0.6 is 11.6 Å². The Labute approximate surface area is 177 Å². The van der Waals surface area contributed by atoms with E-state index in [1.165, 1.54) is 13.2 Å². The Bertz CT molecular complexity index is 988. The summed E-state index contributed by atoms with van der Waals surface area (Å²) in [7, 11) is 1.25. The van der Waals surface area contributed by atoms with Crippen molar-refractivity contribution >= 4 is 41.1 Å². The van der Waals surface area contributed by atoms with Crippen LogP contribution in [0.15, 0.2) is 42.5 Å². The highest BCUT2D eigenvalue weighted by Crippen LogP contribution is 2.40. The zero-order valence-corrected chi connectivity index (χ0v) is 16.8. The van der Waals surface area contributed by atoms with Gasteiger partial charge in [0, 0.05) is 11.8 Å². The van der Waals surface area contributed by atoms with Crippen molar-refractivity contribution in [1.29, 1.82) is 0 Å². The Morgan fingerprint density at radius 2 is 1.93 bits per heavy atom. The van der Waals surface area contributed by atoms with E-state index in [0.29, 0.717) is 27.8 Å². The Balaban J connectivity index is 1.52. The van der Waals surface area contributed by atoms with Gasteiger partial charge in [-0.3, -0.25) is 14.4 Å². The molecule has 1 aliphatic rings. The van der Waals surface area contributed by atoms with Crippen LogP contribution in [0.1, 0.15) is 11.1 Å². The van der Waals surface area contributed by atoms with Crippen LogP contribution in [0.25, 0.3) is 6.08 Å². The topological polar surface area (TPSA) is 103 Å². The second kappa shape index (κ2) is 9.80. The standard InChI is InChI=1S/C21H19ClN2O6/c1-28-20(27)11-23-19(26)10-13-2-5-15(6-3-13)24-18(25)7-4-14-8-16(22)21-17(9-14)29-12-30-21/h2-9H,10-12H2,1H3,(H,23,26)(H,24,25). The van der Waals surface area contributed by atoms with Gasteiger partial charge in [0.2, 0.25) is 18.6 Å². The second-order valence-corrected chi connectivity index (χ2v) is 6.69. The summed E-state index contributed by atoms with van der Waals surface area (Å²) in [5.41, 5.74) is 2.01. The summed E-state index contributed by atoms with van der Waals surface area (Å²) in [5.74, 6) is -0.113. The van der Waals surface area contributed by atoms with Gasteiger partial charge in [0.05, 0.1) is 18.6 Å². The number of esters is 1. The average Bonchev–Trinajstić information content (AvgIpc) is 3.21. The van der Waals surface area contributed by atoms with Crippen molar-refractivity contribution in [2.75, 3.05) is 25.8 Å². The third kappa shape index (κ3) is 5.74. The van der Waals surface area contributed by atoms with E-state index in [-0.39, 0.29) is 31.6 Å². The molecule has 2 N–H and O–H groups in total. The maximum atomic E-state index is 12.1. The number of benzene rings is 2. The number of fused-ring (bicyclic) bond motifs is 1. The van der Waals surface area contributed by atoms with Gasteiger partial charge in [-0.2, -0.15) is 0 Å². The van der Waals surface area contributed by atoms with E-state index in [1.54, 1.807) is 42.5 Å². The summed E-state index contributed by atoms with van der Waals surface area (Å²) >= 11 is 6.12. The predicted molar refractivity (Wildman–Crippen MR) is 110 cm³/mol. The smallest absolute Gasteiger partial charge is 0.325 e. The first-order valence-corrected chi connectivity index (χ1v) is 9.33. The van der Waals surface area contributed by atoms with E-state index in [9.17, 15) is 14.4 Å². The first-order chi connectivity index (χ1) is 14.4. The average molecular weight is 431 g/mol. The lowest BCUT2D eigenvalue weighted by Crippen LogP contribution is -2.31. The molecule has 0 radical (unpaired) electrons. The van der Waals surface area contributed by atoms with Crippen molar-refractivity contribution in [2.45, 2.75) is 6.42 Å². The van der Waals surface area contributed by atoms with Crippen molar-refractivity contribution in [1.82, 2.24) is 5.32 Å². The van der Waals surface area contributed by atoms with Crippen LogP contribution in [0.2, 0.25) is 5.02 Å². The summed E-state index contributed by atoms with van der Waals surface area (Å²) < 4.78 is 15.0. The van der Waals surface area contributed by atoms with E-state index in [2.05, 4.69) is 15.4 Å². The number of ether oxygens (including phenoxy) is 3. The van der Waals surface area contributed by atoms with E-state index >= 15 is 0 Å². The molecule has 0 aromatic heterocycles. The first kappa shape index (κ1) is 21.2. The lowest BCUT2D eigenvalue weighted by atomic mass is 10.1. The molecular formula is C21H19ClN2O6. The van der Waals surface area contributed by atoms with Crippen LogP contribution in [0, 0.1) is 0 Å². The molecule has 0 spiro atoms. The third-order valence-corrected chi connectivity index (χ3v) is 4.40. The minimum Gasteiger partial charge on any atom is -0.468 e. The van der Waals surface area contributed by atoms with Gasteiger partial charge in [0.15, 0.2) is 11.5 Å². The quantitative estimate of drug-likeness (QED) is 0.517. The van der Waals surface area contributed by atoms with Crippen molar-refractivity contribution in [3.05, 3.63) is 58.6 Å². The molecule has 0 saturated carbocycles. The van der Waals surface area contributed by atoms with Crippen LogP contribution in [-0.4, -0.2) is 38.2 Å². The van der Waals surface area contributed by atoms with Crippen molar-refractivity contribution in [2.24, 2.45) is 0 Å². The number of amides is 2. The summed E-state index contributed by atoms with van der Waals surface area (Å²) in [5, 5.41) is 5.61. The number of carbonyl (C=O) groups is 3. The van der Waals surface area contributed by atoms with Crippen LogP contribution in [-0.2, 0) is 25.5 Å². The molecule has 9 heteroatoms. The molecule has 0 fully saturated rings. The van der Waals surface area contributed by atoms with E-state index in [4.69, 9.17) is 21.1 Å². The summed E-state index contributed by atoms with van der Waals surface area (Å²) in [6.45, 7) is -0.0595. The second-order valence-electron chi connectivity index (χ2n) is 6.29. The molecule has 1 heterocycles. The minimum absolute atomic E-state index is 0.107. The fourth-order valence-corrected chi connectivity index (χ4v) is 2.91. The van der Waals surface area contributed by atoms with Crippen molar-refractivity contribution in [3.8, 4) is 11.5 Å². The van der Waals surface area contributed by atoms with Gasteiger partial charge in [-0.05, 0) is 41.5 Å². The number of anilines is 1. The largest absolute Gasteiger partial charge is 0.468 e. The molecule has 1 aliphatic heterocycles. The fraction of sp³-hybridized carbons (Fsp3) is 0.190. The maximum absolute atomic E-state index is 12.1. The molecule has 0 saturated heterocycles. The van der Waals surface area contributed by atoms with Crippen molar-refractivity contribution in [3.63, 3.8) is 0 Å². The van der Waals surface area contributed by atoms with Gasteiger partial charge in [-0.1, -0.05) is 23.7 Å². The van der Waals surface area contributed by atoms with Gasteiger partial charge >= 0.3 is 5.97 Å². The molecule has 0 unspecified atom stereocenters. The minimum atomic E-state index is -0.516. The monoisotopic (exact) mass is 430 g/mol. The molecule has 156 valence electrons. The molecule has 0 atom stereocenters. The van der Waals surface area contributed by atoms with E-state index in [1.807, 2.05) is 0 Å². The highest BCUT2D eigenvalue weighted by Gasteiger charge is 2.17. The zero-order chi connectivity index (χ0) is 21.5. The van der Waals surface area contributed by atoms with Crippen LogP contribution in [0.3, 0.4) is 0 Å². The highest BCUT2D eigenvalue weighted by molar-refractivity contribution is 6.32. The van der Waals surface area contributed by atoms with Crippen LogP contribution in [0.4, 0.5) is 5.69 Å². The highest BCUT2D eigenvalue weighted by atomic mass is 35.5. The number of hydrogen-bond donors (Lipinski definition) is 2. The van der Waals surface area contributed by atoms with Gasteiger partial charge in [0.1, 0.15) is 6.54 Å². The molecule has 0 bridgehead atoms. The Hall–Kier alpha value is -3.52. The number of methoxy groups -OCH3 is 1. The lowest BCUT2D eigenvalue weighted by Gasteiger charge is -2.06. The number of hydrogen-bond acceptors (Lipinski definition) is 6. The number of nitrogens with one attached hydrogen (secondary N) is 2. The molecule has 2 aromatic rings. The first-order valence-electron chi connectivity index (χ1n) is 8.95. The van der Waals surface area contributed by atoms with Crippen LogP contribution < -0.4 is 20.1 Å². The SMILES string of the molecule is COC(=O)CNC(=O)Cc1ccc(NC(=O)C=Cc2cc(Cl)c3c(c2)OCO3)cc1. The van der Waals surface area contributed by atoms with Crippen molar-refractivity contribution < 1.29 is 28.6 Å². The Morgan fingerprint density at radius 3 is 2.67 bits per heavy atom. The number of rotatable bonds is 7. The number of carbonyl (C=O) groups excluding carboxylic acids is 3. The molecule has 30 heavy (non-hydrogen) atoms. The summed E-state index contributed by atoms with van der Waals surface area (Å²) in [6.07, 6.45) is 3.10. The Morgan fingerprint density at radius 1 is 1.17 bits per heavy atom. The van der Waals surface area contributed by atoms with Gasteiger partial charge in [-0.25, -0.2) is 0 Å². The van der Waals surface area contributed by atoms with Gasteiger partial charge in [0.25, 0.3) is 0 Å². The van der Waals surface area contributed by atoms with Gasteiger partial charge < -0.3 is 24.8 Å². The molecule has 2 amide bonds. The Kier molecular flexibility index (Phi) is 6.92. The van der Waals surface area contributed by atoms with E-state index in [0.717, 1.165) is 5.56 Å².